The molecule has 0 saturated heterocycles. The number of carbonyl (C=O) groups is 1. The minimum atomic E-state index is -0.643. The summed E-state index contributed by atoms with van der Waals surface area (Å²) in [6, 6.07) is 3.88. The Morgan fingerprint density at radius 3 is 2.50 bits per heavy atom. The van der Waals surface area contributed by atoms with Gasteiger partial charge in [-0.05, 0) is 12.0 Å². The summed E-state index contributed by atoms with van der Waals surface area (Å²) in [6.45, 7) is 5.48. The summed E-state index contributed by atoms with van der Waals surface area (Å²) in [6.07, 6.45) is 0. The average Bonchev–Trinajstić information content (AvgIpc) is 2.30. The Balaban J connectivity index is 3.04. The van der Waals surface area contributed by atoms with Crippen LogP contribution in [0.15, 0.2) is 18.2 Å². The first kappa shape index (κ1) is 14.0. The highest BCUT2D eigenvalue weighted by Crippen LogP contribution is 2.33. The second kappa shape index (κ2) is 5.48. The van der Waals surface area contributed by atoms with Gasteiger partial charge in [-0.3, -0.25) is 14.9 Å². The number of rotatable bonds is 4. The fourth-order valence-electron chi connectivity index (χ4n) is 1.35. The van der Waals surface area contributed by atoms with E-state index in [-0.39, 0.29) is 34.9 Å². The summed E-state index contributed by atoms with van der Waals surface area (Å²) in [7, 11) is 0. The number of hydrogen-bond acceptors (Lipinski definition) is 4. The number of phenolic OH excluding ortho intramolecular Hbond substituents is 1. The van der Waals surface area contributed by atoms with E-state index in [0.717, 1.165) is 0 Å². The van der Waals surface area contributed by atoms with Crippen molar-refractivity contribution in [2.45, 2.75) is 20.8 Å². The molecule has 0 spiro atoms. The summed E-state index contributed by atoms with van der Waals surface area (Å²) < 4.78 is 0. The molecule has 2 N–H and O–H groups in total. The lowest BCUT2D eigenvalue weighted by atomic mass is 9.97. The van der Waals surface area contributed by atoms with E-state index in [2.05, 4.69) is 5.32 Å². The van der Waals surface area contributed by atoms with Crippen molar-refractivity contribution in [3.05, 3.63) is 28.3 Å². The van der Waals surface area contributed by atoms with Gasteiger partial charge in [-0.25, -0.2) is 0 Å². The number of nitro groups is 1. The van der Waals surface area contributed by atoms with Crippen LogP contribution in [-0.4, -0.2) is 15.9 Å². The molecule has 98 valence electrons. The number of phenols is 1. The van der Waals surface area contributed by atoms with Crippen molar-refractivity contribution in [2.75, 3.05) is 5.32 Å². The van der Waals surface area contributed by atoms with E-state index in [1.807, 2.05) is 13.8 Å². The largest absolute Gasteiger partial charge is 0.505 e. The van der Waals surface area contributed by atoms with Gasteiger partial charge in [0.05, 0.1) is 4.92 Å². The number of benzene rings is 1. The quantitative estimate of drug-likeness (QED) is 0.489. The first-order chi connectivity index (χ1) is 8.34. The Hall–Kier alpha value is -2.11. The number of nitrogens with zero attached hydrogens (tertiary/aromatic N) is 1. The SMILES string of the molecule is CC(C)C(C)C(=O)Nc1c(O)cccc1[N+](=O)[O-]. The minimum Gasteiger partial charge on any atom is -0.505 e. The summed E-state index contributed by atoms with van der Waals surface area (Å²) in [5, 5.41) is 22.8. The Kier molecular flexibility index (Phi) is 4.25. The summed E-state index contributed by atoms with van der Waals surface area (Å²) >= 11 is 0. The molecule has 0 aliphatic carbocycles. The maximum absolute atomic E-state index is 11.8. The maximum Gasteiger partial charge on any atom is 0.296 e. The molecule has 0 fully saturated rings. The van der Waals surface area contributed by atoms with Crippen LogP contribution in [0.25, 0.3) is 0 Å². The van der Waals surface area contributed by atoms with Gasteiger partial charge in [0.25, 0.3) is 5.69 Å². The Labute approximate surface area is 105 Å². The molecule has 0 bridgehead atoms. The Morgan fingerprint density at radius 1 is 1.39 bits per heavy atom. The molecule has 0 radical (unpaired) electrons. The highest BCUT2D eigenvalue weighted by molar-refractivity contribution is 5.96. The standard InChI is InChI=1S/C12H16N2O4/c1-7(2)8(3)12(16)13-11-9(14(17)18)5-4-6-10(11)15/h4-8,15H,1-3H3,(H,13,16). The smallest absolute Gasteiger partial charge is 0.296 e. The van der Waals surface area contributed by atoms with Gasteiger partial charge >= 0.3 is 0 Å². The second-order valence-corrected chi connectivity index (χ2v) is 4.45. The molecule has 1 aromatic rings. The van der Waals surface area contributed by atoms with Gasteiger partial charge in [-0.2, -0.15) is 0 Å². The van der Waals surface area contributed by atoms with Crippen molar-refractivity contribution in [1.29, 1.82) is 0 Å². The minimum absolute atomic E-state index is 0.106. The van der Waals surface area contributed by atoms with E-state index in [4.69, 9.17) is 0 Å². The first-order valence-corrected chi connectivity index (χ1v) is 5.61. The number of carbonyl (C=O) groups excluding carboxylic acids is 1. The van der Waals surface area contributed by atoms with Gasteiger partial charge in [0.15, 0.2) is 5.69 Å². The molecule has 0 aliphatic rings. The summed E-state index contributed by atoms with van der Waals surface area (Å²) in [4.78, 5) is 22.0. The Bertz CT molecular complexity index is 471. The van der Waals surface area contributed by atoms with Gasteiger partial charge in [0.1, 0.15) is 5.75 Å². The van der Waals surface area contributed by atoms with Crippen molar-refractivity contribution < 1.29 is 14.8 Å². The van der Waals surface area contributed by atoms with Crippen LogP contribution >= 0.6 is 0 Å². The van der Waals surface area contributed by atoms with E-state index < -0.39 is 4.92 Å². The van der Waals surface area contributed by atoms with Gasteiger partial charge in [-0.1, -0.05) is 26.8 Å². The molecule has 0 heterocycles. The number of hydrogen-bond donors (Lipinski definition) is 2. The van der Waals surface area contributed by atoms with Crippen LogP contribution in [-0.2, 0) is 4.79 Å². The van der Waals surface area contributed by atoms with Crippen LogP contribution in [0.1, 0.15) is 20.8 Å². The number of amides is 1. The van der Waals surface area contributed by atoms with Gasteiger partial charge in [0.2, 0.25) is 5.91 Å². The molecular weight excluding hydrogens is 236 g/mol. The van der Waals surface area contributed by atoms with Crippen molar-refractivity contribution in [1.82, 2.24) is 0 Å². The van der Waals surface area contributed by atoms with E-state index in [1.165, 1.54) is 18.2 Å². The van der Waals surface area contributed by atoms with Crippen molar-refractivity contribution in [3.63, 3.8) is 0 Å². The molecule has 6 nitrogen and oxygen atoms in total. The lowest BCUT2D eigenvalue weighted by Gasteiger charge is -2.15. The fraction of sp³-hybridized carbons (Fsp3) is 0.417. The fourth-order valence-corrected chi connectivity index (χ4v) is 1.35. The molecule has 1 amide bonds. The third-order valence-electron chi connectivity index (χ3n) is 2.88. The highest BCUT2D eigenvalue weighted by Gasteiger charge is 2.23. The molecule has 1 aromatic carbocycles. The zero-order valence-electron chi connectivity index (χ0n) is 10.5. The van der Waals surface area contributed by atoms with Crippen LogP contribution in [0, 0.1) is 22.0 Å². The van der Waals surface area contributed by atoms with Crippen molar-refractivity contribution in [3.8, 4) is 5.75 Å². The summed E-state index contributed by atoms with van der Waals surface area (Å²) in [5.74, 6) is -0.859. The predicted molar refractivity (Wildman–Crippen MR) is 67.4 cm³/mol. The van der Waals surface area contributed by atoms with Crippen LogP contribution in [0.5, 0.6) is 5.75 Å². The zero-order chi connectivity index (χ0) is 13.9. The van der Waals surface area contributed by atoms with Crippen LogP contribution in [0.3, 0.4) is 0 Å². The van der Waals surface area contributed by atoms with E-state index in [0.29, 0.717) is 0 Å². The van der Waals surface area contributed by atoms with Gasteiger partial charge < -0.3 is 10.4 Å². The highest BCUT2D eigenvalue weighted by atomic mass is 16.6. The third kappa shape index (κ3) is 2.97. The average molecular weight is 252 g/mol. The van der Waals surface area contributed by atoms with Gasteiger partial charge in [0, 0.05) is 12.0 Å². The van der Waals surface area contributed by atoms with Crippen LogP contribution in [0.2, 0.25) is 0 Å². The predicted octanol–water partition coefficient (Wildman–Crippen LogP) is 2.53. The summed E-state index contributed by atoms with van der Waals surface area (Å²) in [5.41, 5.74) is -0.473. The van der Waals surface area contributed by atoms with Crippen LogP contribution < -0.4 is 5.32 Å². The normalized spacial score (nSPS) is 12.2. The lowest BCUT2D eigenvalue weighted by Crippen LogP contribution is -2.24. The molecule has 6 heteroatoms. The van der Waals surface area contributed by atoms with E-state index in [9.17, 15) is 20.0 Å². The topological polar surface area (TPSA) is 92.5 Å². The van der Waals surface area contributed by atoms with Crippen molar-refractivity contribution in [2.24, 2.45) is 11.8 Å². The molecule has 18 heavy (non-hydrogen) atoms. The molecule has 0 aromatic heterocycles. The van der Waals surface area contributed by atoms with Gasteiger partial charge in [-0.15, -0.1) is 0 Å². The van der Waals surface area contributed by atoms with Crippen molar-refractivity contribution >= 4 is 17.3 Å². The number of nitrogens with one attached hydrogen (secondary N) is 1. The number of para-hydroxylation sites is 1. The molecule has 0 saturated carbocycles. The first-order valence-electron chi connectivity index (χ1n) is 5.61. The van der Waals surface area contributed by atoms with E-state index >= 15 is 0 Å². The lowest BCUT2D eigenvalue weighted by molar-refractivity contribution is -0.384. The number of nitro benzene ring substituents is 1. The molecular formula is C12H16N2O4. The molecule has 1 atom stereocenters. The maximum atomic E-state index is 11.8. The second-order valence-electron chi connectivity index (χ2n) is 4.45. The number of anilines is 1. The van der Waals surface area contributed by atoms with Crippen LogP contribution in [0.4, 0.5) is 11.4 Å². The molecule has 1 unspecified atom stereocenters. The molecule has 0 aliphatic heterocycles. The zero-order valence-corrected chi connectivity index (χ0v) is 10.5. The number of aromatic hydroxyl groups is 1. The van der Waals surface area contributed by atoms with E-state index in [1.54, 1.807) is 6.92 Å². The monoisotopic (exact) mass is 252 g/mol. The third-order valence-corrected chi connectivity index (χ3v) is 2.88. The molecule has 1 rings (SSSR count). The Morgan fingerprint density at radius 2 is 2.00 bits per heavy atom.